The number of piperidine rings is 1. The fourth-order valence-electron chi connectivity index (χ4n) is 3.35. The molecule has 0 bridgehead atoms. The SMILES string of the molecule is CC(C)(C)OC(=O)N1CCN(c2ccc(Cl)c(OC3CCNCC3)c2)CC1. The number of carbonyl (C=O) groups is 1. The van der Waals surface area contributed by atoms with Gasteiger partial charge in [-0.15, -0.1) is 0 Å². The quantitative estimate of drug-likeness (QED) is 0.848. The number of ether oxygens (including phenoxy) is 2. The Bertz CT molecular complexity index is 648. The average molecular weight is 396 g/mol. The number of halogens is 1. The molecule has 1 amide bonds. The molecule has 2 fully saturated rings. The molecule has 6 nitrogen and oxygen atoms in total. The second-order valence-electron chi connectivity index (χ2n) is 8.14. The van der Waals surface area contributed by atoms with Gasteiger partial charge < -0.3 is 24.6 Å². The fraction of sp³-hybridized carbons (Fsp3) is 0.650. The number of amides is 1. The number of hydrogen-bond acceptors (Lipinski definition) is 5. The van der Waals surface area contributed by atoms with Crippen molar-refractivity contribution in [3.05, 3.63) is 23.2 Å². The van der Waals surface area contributed by atoms with Gasteiger partial charge in [-0.25, -0.2) is 4.79 Å². The molecule has 0 atom stereocenters. The lowest BCUT2D eigenvalue weighted by Gasteiger charge is -2.37. The first-order valence-electron chi connectivity index (χ1n) is 9.71. The van der Waals surface area contributed by atoms with Gasteiger partial charge in [0.05, 0.1) is 5.02 Å². The molecule has 2 aliphatic heterocycles. The van der Waals surface area contributed by atoms with Gasteiger partial charge in [0.25, 0.3) is 0 Å². The predicted molar refractivity (Wildman–Crippen MR) is 108 cm³/mol. The molecule has 0 saturated carbocycles. The first-order valence-corrected chi connectivity index (χ1v) is 10.1. The molecule has 2 aliphatic rings. The van der Waals surface area contributed by atoms with Crippen molar-refractivity contribution in [3.8, 4) is 5.75 Å². The van der Waals surface area contributed by atoms with Gasteiger partial charge in [0, 0.05) is 37.9 Å². The van der Waals surface area contributed by atoms with E-state index in [1.807, 2.05) is 39.0 Å². The Hall–Kier alpha value is -1.66. The van der Waals surface area contributed by atoms with E-state index in [0.29, 0.717) is 18.1 Å². The third kappa shape index (κ3) is 5.66. The molecule has 27 heavy (non-hydrogen) atoms. The third-order valence-electron chi connectivity index (χ3n) is 4.79. The number of benzene rings is 1. The van der Waals surface area contributed by atoms with E-state index >= 15 is 0 Å². The fourth-order valence-corrected chi connectivity index (χ4v) is 3.51. The van der Waals surface area contributed by atoms with Crippen molar-refractivity contribution in [1.82, 2.24) is 10.2 Å². The van der Waals surface area contributed by atoms with Gasteiger partial charge in [0.1, 0.15) is 17.5 Å². The Labute approximate surface area is 166 Å². The molecule has 0 aromatic heterocycles. The van der Waals surface area contributed by atoms with Crippen LogP contribution in [0, 0.1) is 0 Å². The molecular weight excluding hydrogens is 366 g/mol. The van der Waals surface area contributed by atoms with Crippen molar-refractivity contribution in [1.29, 1.82) is 0 Å². The van der Waals surface area contributed by atoms with E-state index in [2.05, 4.69) is 10.2 Å². The van der Waals surface area contributed by atoms with E-state index in [1.165, 1.54) is 0 Å². The number of rotatable bonds is 3. The van der Waals surface area contributed by atoms with Crippen LogP contribution in [-0.4, -0.2) is 62.0 Å². The molecule has 2 saturated heterocycles. The summed E-state index contributed by atoms with van der Waals surface area (Å²) in [7, 11) is 0. The Morgan fingerprint density at radius 3 is 2.44 bits per heavy atom. The molecule has 1 aromatic carbocycles. The zero-order valence-electron chi connectivity index (χ0n) is 16.5. The van der Waals surface area contributed by atoms with Crippen LogP contribution in [0.2, 0.25) is 5.02 Å². The number of nitrogens with one attached hydrogen (secondary N) is 1. The van der Waals surface area contributed by atoms with Gasteiger partial charge in [0.15, 0.2) is 0 Å². The highest BCUT2D eigenvalue weighted by atomic mass is 35.5. The van der Waals surface area contributed by atoms with Crippen LogP contribution in [-0.2, 0) is 4.74 Å². The monoisotopic (exact) mass is 395 g/mol. The number of nitrogens with zero attached hydrogens (tertiary/aromatic N) is 2. The summed E-state index contributed by atoms with van der Waals surface area (Å²) in [5, 5.41) is 3.99. The standard InChI is InChI=1S/C20H30ClN3O3/c1-20(2,3)27-19(25)24-12-10-23(11-13-24)15-4-5-17(21)18(14-15)26-16-6-8-22-9-7-16/h4-5,14,16,22H,6-13H2,1-3H3. The number of piperazine rings is 1. The lowest BCUT2D eigenvalue weighted by molar-refractivity contribution is 0.0240. The van der Waals surface area contributed by atoms with Crippen molar-refractivity contribution in [2.45, 2.75) is 45.3 Å². The highest BCUT2D eigenvalue weighted by molar-refractivity contribution is 6.32. The maximum absolute atomic E-state index is 12.2. The molecule has 150 valence electrons. The summed E-state index contributed by atoms with van der Waals surface area (Å²) in [5.74, 6) is 0.746. The zero-order valence-corrected chi connectivity index (χ0v) is 17.2. The topological polar surface area (TPSA) is 54.0 Å². The second kappa shape index (κ2) is 8.57. The summed E-state index contributed by atoms with van der Waals surface area (Å²) < 4.78 is 11.6. The van der Waals surface area contributed by atoms with Gasteiger partial charge in [-0.2, -0.15) is 0 Å². The lowest BCUT2D eigenvalue weighted by atomic mass is 10.1. The molecule has 0 radical (unpaired) electrons. The van der Waals surface area contributed by atoms with Crippen molar-refractivity contribution < 1.29 is 14.3 Å². The van der Waals surface area contributed by atoms with Gasteiger partial charge in [0.2, 0.25) is 0 Å². The van der Waals surface area contributed by atoms with E-state index in [0.717, 1.165) is 50.5 Å². The van der Waals surface area contributed by atoms with Crippen LogP contribution in [0.5, 0.6) is 5.75 Å². The van der Waals surface area contributed by atoms with Gasteiger partial charge >= 0.3 is 6.09 Å². The van der Waals surface area contributed by atoms with Crippen LogP contribution in [0.25, 0.3) is 0 Å². The highest BCUT2D eigenvalue weighted by Gasteiger charge is 2.26. The molecule has 0 spiro atoms. The second-order valence-corrected chi connectivity index (χ2v) is 8.54. The number of anilines is 1. The van der Waals surface area contributed by atoms with Crippen molar-refractivity contribution in [2.24, 2.45) is 0 Å². The predicted octanol–water partition coefficient (Wildman–Crippen LogP) is 3.53. The summed E-state index contributed by atoms with van der Waals surface area (Å²) in [6.45, 7) is 10.4. The highest BCUT2D eigenvalue weighted by Crippen LogP contribution is 2.32. The Morgan fingerprint density at radius 2 is 1.81 bits per heavy atom. The molecule has 7 heteroatoms. The van der Waals surface area contributed by atoms with Crippen LogP contribution in [0.15, 0.2) is 18.2 Å². The number of hydrogen-bond donors (Lipinski definition) is 1. The van der Waals surface area contributed by atoms with Gasteiger partial charge in [-0.3, -0.25) is 0 Å². The molecule has 1 aromatic rings. The van der Waals surface area contributed by atoms with Crippen LogP contribution in [0.3, 0.4) is 0 Å². The summed E-state index contributed by atoms with van der Waals surface area (Å²) in [4.78, 5) is 16.2. The molecule has 3 rings (SSSR count). The normalized spacial score (nSPS) is 19.1. The van der Waals surface area contributed by atoms with Gasteiger partial charge in [-0.1, -0.05) is 11.6 Å². The summed E-state index contributed by atoms with van der Waals surface area (Å²) in [6, 6.07) is 5.93. The van der Waals surface area contributed by atoms with E-state index in [4.69, 9.17) is 21.1 Å². The van der Waals surface area contributed by atoms with Crippen LogP contribution in [0.1, 0.15) is 33.6 Å². The van der Waals surface area contributed by atoms with Crippen LogP contribution in [0.4, 0.5) is 10.5 Å². The Morgan fingerprint density at radius 1 is 1.15 bits per heavy atom. The van der Waals surface area contributed by atoms with Crippen molar-refractivity contribution in [2.75, 3.05) is 44.2 Å². The summed E-state index contributed by atoms with van der Waals surface area (Å²) >= 11 is 6.35. The summed E-state index contributed by atoms with van der Waals surface area (Å²) in [5.41, 5.74) is 0.609. The maximum Gasteiger partial charge on any atom is 0.410 e. The minimum absolute atomic E-state index is 0.211. The van der Waals surface area contributed by atoms with Crippen LogP contribution < -0.4 is 15.0 Å². The average Bonchev–Trinajstić information content (AvgIpc) is 2.63. The van der Waals surface area contributed by atoms with E-state index in [1.54, 1.807) is 4.90 Å². The first-order chi connectivity index (χ1) is 12.8. The summed E-state index contributed by atoms with van der Waals surface area (Å²) in [6.07, 6.45) is 1.96. The van der Waals surface area contributed by atoms with E-state index < -0.39 is 5.60 Å². The Kier molecular flexibility index (Phi) is 6.37. The lowest BCUT2D eigenvalue weighted by Crippen LogP contribution is -2.50. The van der Waals surface area contributed by atoms with Gasteiger partial charge in [-0.05, 0) is 58.8 Å². The zero-order chi connectivity index (χ0) is 19.4. The minimum Gasteiger partial charge on any atom is -0.489 e. The van der Waals surface area contributed by atoms with Crippen molar-refractivity contribution in [3.63, 3.8) is 0 Å². The molecule has 1 N–H and O–H groups in total. The minimum atomic E-state index is -0.467. The maximum atomic E-state index is 12.2. The third-order valence-corrected chi connectivity index (χ3v) is 5.10. The van der Waals surface area contributed by atoms with Crippen molar-refractivity contribution >= 4 is 23.4 Å². The van der Waals surface area contributed by atoms with E-state index in [-0.39, 0.29) is 12.2 Å². The molecule has 2 heterocycles. The first kappa shape index (κ1) is 20.1. The van der Waals surface area contributed by atoms with Crippen LogP contribution >= 0.6 is 11.6 Å². The Balaban J connectivity index is 1.59. The largest absolute Gasteiger partial charge is 0.489 e. The van der Waals surface area contributed by atoms with E-state index in [9.17, 15) is 4.79 Å². The number of carbonyl (C=O) groups excluding carboxylic acids is 1. The molecule has 0 unspecified atom stereocenters. The smallest absolute Gasteiger partial charge is 0.410 e. The molecular formula is C20H30ClN3O3. The molecule has 0 aliphatic carbocycles.